The predicted molar refractivity (Wildman–Crippen MR) is 81.1 cm³/mol. The highest BCUT2D eigenvalue weighted by Crippen LogP contribution is 2.06. The summed E-state index contributed by atoms with van der Waals surface area (Å²) in [5, 5.41) is 1.97. The second-order valence-corrected chi connectivity index (χ2v) is 8.06. The van der Waals surface area contributed by atoms with Crippen LogP contribution in [0.15, 0.2) is 48.5 Å². The molecule has 0 radical (unpaired) electrons. The van der Waals surface area contributed by atoms with Gasteiger partial charge in [-0.15, -0.1) is 0 Å². The normalized spacial score (nSPS) is 11.3. The monoisotopic (exact) mass is 270 g/mol. The lowest BCUT2D eigenvalue weighted by Gasteiger charge is -2.24. The Hall–Kier alpha value is -1.71. The van der Waals surface area contributed by atoms with Crippen molar-refractivity contribution in [2.75, 3.05) is 7.11 Å². The molecule has 0 saturated heterocycles. The van der Waals surface area contributed by atoms with E-state index in [0.29, 0.717) is 0 Å². The van der Waals surface area contributed by atoms with E-state index < -0.39 is 8.32 Å². The predicted octanol–water partition coefficient (Wildman–Crippen LogP) is 1.78. The lowest BCUT2D eigenvalue weighted by atomic mass is 10.2. The van der Waals surface area contributed by atoms with Crippen LogP contribution in [0.1, 0.15) is 11.1 Å². The van der Waals surface area contributed by atoms with Crippen LogP contribution in [-0.4, -0.2) is 21.3 Å². The van der Waals surface area contributed by atoms with E-state index in [2.05, 4.69) is 0 Å². The molecular weight excluding hydrogens is 252 g/mol. The van der Waals surface area contributed by atoms with Gasteiger partial charge in [0.25, 0.3) is 0 Å². The van der Waals surface area contributed by atoms with Gasteiger partial charge in [-0.3, -0.25) is 0 Å². The van der Waals surface area contributed by atoms with Gasteiger partial charge in [0.05, 0.1) is 0 Å². The SMILES string of the molecule is CO[Si](C=O)(c1ccc(C)cc1)c1ccc(C)cc1. The summed E-state index contributed by atoms with van der Waals surface area (Å²) in [6, 6.07) is 16.1. The molecule has 0 aliphatic heterocycles. The third kappa shape index (κ3) is 2.52. The van der Waals surface area contributed by atoms with Crippen molar-refractivity contribution >= 4 is 24.6 Å². The van der Waals surface area contributed by atoms with Crippen LogP contribution in [0, 0.1) is 13.8 Å². The van der Waals surface area contributed by atoms with Crippen molar-refractivity contribution in [3.63, 3.8) is 0 Å². The Morgan fingerprint density at radius 1 is 0.842 bits per heavy atom. The van der Waals surface area contributed by atoms with Gasteiger partial charge in [0.2, 0.25) is 0 Å². The van der Waals surface area contributed by atoms with Gasteiger partial charge in [0.1, 0.15) is 5.91 Å². The lowest BCUT2D eigenvalue weighted by molar-refractivity contribution is 0.424. The van der Waals surface area contributed by atoms with Crippen LogP contribution in [-0.2, 0) is 9.22 Å². The molecule has 0 saturated carbocycles. The van der Waals surface area contributed by atoms with Crippen molar-refractivity contribution in [1.82, 2.24) is 0 Å². The van der Waals surface area contributed by atoms with E-state index in [4.69, 9.17) is 4.43 Å². The fourth-order valence-electron chi connectivity index (χ4n) is 2.19. The van der Waals surface area contributed by atoms with Gasteiger partial charge in [0.15, 0.2) is 0 Å². The van der Waals surface area contributed by atoms with E-state index in [1.54, 1.807) is 7.11 Å². The second-order valence-electron chi connectivity index (χ2n) is 4.79. The molecule has 98 valence electrons. The summed E-state index contributed by atoms with van der Waals surface area (Å²) in [5.74, 6) is 1.00. The molecule has 0 amide bonds. The smallest absolute Gasteiger partial charge is 0.323 e. The van der Waals surface area contributed by atoms with Gasteiger partial charge in [-0.2, -0.15) is 0 Å². The number of carbonyl (C=O) groups is 1. The van der Waals surface area contributed by atoms with Gasteiger partial charge in [0, 0.05) is 7.11 Å². The minimum absolute atomic E-state index is 0.986. The van der Waals surface area contributed by atoms with Crippen molar-refractivity contribution in [3.8, 4) is 0 Å². The van der Waals surface area contributed by atoms with E-state index in [0.717, 1.165) is 16.3 Å². The van der Waals surface area contributed by atoms with Crippen LogP contribution in [0.2, 0.25) is 0 Å². The zero-order valence-electron chi connectivity index (χ0n) is 11.5. The van der Waals surface area contributed by atoms with Crippen LogP contribution in [0.3, 0.4) is 0 Å². The first-order valence-corrected chi connectivity index (χ1v) is 8.27. The maximum Gasteiger partial charge on any atom is 0.323 e. The van der Waals surface area contributed by atoms with E-state index in [1.807, 2.05) is 62.4 Å². The quantitative estimate of drug-likeness (QED) is 0.625. The maximum atomic E-state index is 11.8. The summed E-state index contributed by atoms with van der Waals surface area (Å²) in [6.07, 6.45) is 0. The molecule has 2 nitrogen and oxygen atoms in total. The average molecular weight is 270 g/mol. The third-order valence-corrected chi connectivity index (χ3v) is 6.81. The molecule has 0 aliphatic rings. The summed E-state index contributed by atoms with van der Waals surface area (Å²) in [6.45, 7) is 4.07. The first kappa shape index (κ1) is 13.7. The molecule has 2 aromatic carbocycles. The Bertz CT molecular complexity index is 513. The van der Waals surface area contributed by atoms with Crippen LogP contribution >= 0.6 is 0 Å². The topological polar surface area (TPSA) is 26.3 Å². The van der Waals surface area contributed by atoms with E-state index in [9.17, 15) is 4.79 Å². The molecule has 3 heteroatoms. The molecule has 0 bridgehead atoms. The Balaban J connectivity index is 2.56. The second kappa shape index (κ2) is 5.51. The van der Waals surface area contributed by atoms with E-state index >= 15 is 0 Å². The van der Waals surface area contributed by atoms with Crippen molar-refractivity contribution in [3.05, 3.63) is 59.7 Å². The Labute approximate surface area is 115 Å². The van der Waals surface area contributed by atoms with Crippen LogP contribution in [0.25, 0.3) is 0 Å². The molecule has 0 unspecified atom stereocenters. The molecule has 0 heterocycles. The molecule has 2 aromatic rings. The number of aryl methyl sites for hydroxylation is 2. The highest BCUT2D eigenvalue weighted by molar-refractivity contribution is 7.15. The maximum absolute atomic E-state index is 11.8. The first-order valence-electron chi connectivity index (χ1n) is 6.28. The summed E-state index contributed by atoms with van der Waals surface area (Å²) < 4.78 is 5.71. The van der Waals surface area contributed by atoms with Crippen LogP contribution in [0.4, 0.5) is 0 Å². The zero-order valence-corrected chi connectivity index (χ0v) is 12.5. The average Bonchev–Trinajstić information content (AvgIpc) is 2.44. The minimum atomic E-state index is -2.72. The highest BCUT2D eigenvalue weighted by atomic mass is 28.4. The molecule has 0 N–H and O–H groups in total. The van der Waals surface area contributed by atoms with Crippen molar-refractivity contribution < 1.29 is 9.22 Å². The molecule has 0 fully saturated rings. The number of hydrogen-bond donors (Lipinski definition) is 0. The standard InChI is InChI=1S/C16H18O2Si/c1-13-4-8-15(9-5-13)19(12-17,18-3)16-10-6-14(2)7-11-16/h4-12H,1-3H3. The molecule has 2 rings (SSSR count). The number of rotatable bonds is 4. The molecular formula is C16H18O2Si. The zero-order chi connectivity index (χ0) is 13.9. The molecule has 0 aromatic heterocycles. The third-order valence-electron chi connectivity index (χ3n) is 3.45. The van der Waals surface area contributed by atoms with E-state index in [-0.39, 0.29) is 0 Å². The van der Waals surface area contributed by atoms with Crippen molar-refractivity contribution in [1.29, 1.82) is 0 Å². The summed E-state index contributed by atoms with van der Waals surface area (Å²) in [4.78, 5) is 11.8. The highest BCUT2D eigenvalue weighted by Gasteiger charge is 2.38. The minimum Gasteiger partial charge on any atom is -0.406 e. The van der Waals surface area contributed by atoms with Gasteiger partial charge >= 0.3 is 8.32 Å². The van der Waals surface area contributed by atoms with Crippen LogP contribution in [0.5, 0.6) is 0 Å². The molecule has 0 aliphatic carbocycles. The van der Waals surface area contributed by atoms with Gasteiger partial charge in [-0.05, 0) is 24.2 Å². The number of carbonyl (C=O) groups excluding carboxylic acids is 1. The van der Waals surface area contributed by atoms with Gasteiger partial charge in [-0.25, -0.2) is 0 Å². The largest absolute Gasteiger partial charge is 0.406 e. The van der Waals surface area contributed by atoms with Gasteiger partial charge < -0.3 is 9.22 Å². The number of benzene rings is 2. The van der Waals surface area contributed by atoms with Gasteiger partial charge in [-0.1, -0.05) is 59.7 Å². The van der Waals surface area contributed by atoms with Crippen molar-refractivity contribution in [2.45, 2.75) is 13.8 Å². The molecule has 0 atom stereocenters. The fraction of sp³-hybridized carbons (Fsp3) is 0.188. The summed E-state index contributed by atoms with van der Waals surface area (Å²) >= 11 is 0. The number of hydrogen-bond acceptors (Lipinski definition) is 2. The first-order chi connectivity index (χ1) is 9.12. The van der Waals surface area contributed by atoms with Crippen LogP contribution < -0.4 is 10.4 Å². The molecule has 0 spiro atoms. The Morgan fingerprint density at radius 3 is 1.47 bits per heavy atom. The Morgan fingerprint density at radius 2 is 1.21 bits per heavy atom. The Kier molecular flexibility index (Phi) is 3.98. The summed E-state index contributed by atoms with van der Waals surface area (Å²) in [5.41, 5.74) is 2.36. The fourth-order valence-corrected chi connectivity index (χ4v) is 4.69. The molecule has 19 heavy (non-hydrogen) atoms. The van der Waals surface area contributed by atoms with Crippen molar-refractivity contribution in [2.24, 2.45) is 0 Å². The van der Waals surface area contributed by atoms with E-state index in [1.165, 1.54) is 11.1 Å². The summed E-state index contributed by atoms with van der Waals surface area (Å²) in [7, 11) is -1.10. The lowest BCUT2D eigenvalue weighted by Crippen LogP contribution is -2.62.